The summed E-state index contributed by atoms with van der Waals surface area (Å²) in [5, 5.41) is 0. The Morgan fingerprint density at radius 2 is 1.50 bits per heavy atom. The third-order valence-corrected chi connectivity index (χ3v) is 3.43. The standard InChI is InChI=1S/C18H20FN/c1-3-14-20(2)18(16-12-8-5-9-13-16)17(19)15-10-6-4-7-11-15/h3-13,17-18H,1,14H2,2H3/t17-,18-/m0/s1. The molecule has 2 atom stereocenters. The van der Waals surface area contributed by atoms with Crippen LogP contribution in [0.3, 0.4) is 0 Å². The fraction of sp³-hybridized carbons (Fsp3) is 0.222. The Bertz CT molecular complexity index is 524. The molecule has 0 unspecified atom stereocenters. The molecule has 0 aromatic heterocycles. The van der Waals surface area contributed by atoms with Gasteiger partial charge in [-0.3, -0.25) is 4.90 Å². The van der Waals surface area contributed by atoms with Gasteiger partial charge in [-0.05, 0) is 18.2 Å². The van der Waals surface area contributed by atoms with E-state index in [4.69, 9.17) is 0 Å². The van der Waals surface area contributed by atoms with Crippen LogP contribution in [0.25, 0.3) is 0 Å². The number of benzene rings is 2. The molecule has 0 fully saturated rings. The third kappa shape index (κ3) is 3.34. The average Bonchev–Trinajstić information content (AvgIpc) is 2.50. The predicted octanol–water partition coefficient (Wildman–Crippen LogP) is 4.56. The van der Waals surface area contributed by atoms with E-state index in [2.05, 4.69) is 6.58 Å². The van der Waals surface area contributed by atoms with Gasteiger partial charge in [0, 0.05) is 6.54 Å². The molecule has 2 rings (SSSR count). The van der Waals surface area contributed by atoms with Crippen LogP contribution >= 0.6 is 0 Å². The van der Waals surface area contributed by atoms with Crippen LogP contribution < -0.4 is 0 Å². The maximum atomic E-state index is 15.0. The largest absolute Gasteiger partial charge is 0.293 e. The van der Waals surface area contributed by atoms with Gasteiger partial charge in [0.25, 0.3) is 0 Å². The Hall–Kier alpha value is -1.93. The van der Waals surface area contributed by atoms with E-state index in [1.165, 1.54) is 0 Å². The van der Waals surface area contributed by atoms with Gasteiger partial charge in [-0.15, -0.1) is 6.58 Å². The molecule has 0 saturated carbocycles. The molecule has 2 aromatic rings. The summed E-state index contributed by atoms with van der Waals surface area (Å²) in [7, 11) is 1.93. The van der Waals surface area contributed by atoms with E-state index in [0.717, 1.165) is 5.56 Å². The molecule has 0 N–H and O–H groups in total. The van der Waals surface area contributed by atoms with E-state index in [1.807, 2.05) is 72.6 Å². The molecule has 1 nitrogen and oxygen atoms in total. The zero-order valence-electron chi connectivity index (χ0n) is 11.7. The van der Waals surface area contributed by atoms with Gasteiger partial charge in [0.1, 0.15) is 6.17 Å². The predicted molar refractivity (Wildman–Crippen MR) is 82.3 cm³/mol. The van der Waals surface area contributed by atoms with Gasteiger partial charge >= 0.3 is 0 Å². The van der Waals surface area contributed by atoms with Gasteiger partial charge in [0.15, 0.2) is 0 Å². The minimum atomic E-state index is -1.07. The van der Waals surface area contributed by atoms with Crippen LogP contribution in [0.2, 0.25) is 0 Å². The third-order valence-electron chi connectivity index (χ3n) is 3.43. The van der Waals surface area contributed by atoms with E-state index in [-0.39, 0.29) is 6.04 Å². The summed E-state index contributed by atoms with van der Waals surface area (Å²) in [6.45, 7) is 4.39. The Labute approximate surface area is 120 Å². The van der Waals surface area contributed by atoms with Crippen molar-refractivity contribution in [2.24, 2.45) is 0 Å². The minimum Gasteiger partial charge on any atom is -0.293 e. The van der Waals surface area contributed by atoms with Crippen LogP contribution in [0.5, 0.6) is 0 Å². The van der Waals surface area contributed by atoms with Crippen molar-refractivity contribution >= 4 is 0 Å². The lowest BCUT2D eigenvalue weighted by Gasteiger charge is -2.30. The molecule has 104 valence electrons. The molecule has 0 amide bonds. The fourth-order valence-corrected chi connectivity index (χ4v) is 2.43. The monoisotopic (exact) mass is 269 g/mol. The van der Waals surface area contributed by atoms with Crippen molar-refractivity contribution < 1.29 is 4.39 Å². The molecule has 2 aromatic carbocycles. The van der Waals surface area contributed by atoms with Crippen LogP contribution in [0.15, 0.2) is 73.3 Å². The highest BCUT2D eigenvalue weighted by molar-refractivity contribution is 5.26. The second-order valence-electron chi connectivity index (χ2n) is 4.90. The molecule has 0 bridgehead atoms. The van der Waals surface area contributed by atoms with Crippen molar-refractivity contribution in [2.45, 2.75) is 12.2 Å². The van der Waals surface area contributed by atoms with Crippen molar-refractivity contribution in [1.29, 1.82) is 0 Å². The van der Waals surface area contributed by atoms with E-state index in [0.29, 0.717) is 12.1 Å². The van der Waals surface area contributed by atoms with Gasteiger partial charge in [0.05, 0.1) is 6.04 Å². The Morgan fingerprint density at radius 1 is 1.00 bits per heavy atom. The van der Waals surface area contributed by atoms with E-state index in [1.54, 1.807) is 6.08 Å². The van der Waals surface area contributed by atoms with Crippen LogP contribution in [0.4, 0.5) is 4.39 Å². The first-order valence-electron chi connectivity index (χ1n) is 6.79. The first-order chi connectivity index (χ1) is 9.74. The first kappa shape index (κ1) is 14.5. The molecule has 0 aliphatic heterocycles. The summed E-state index contributed by atoms with van der Waals surface area (Å²) in [5.74, 6) is 0. The van der Waals surface area contributed by atoms with Gasteiger partial charge in [-0.1, -0.05) is 66.7 Å². The van der Waals surface area contributed by atoms with E-state index in [9.17, 15) is 4.39 Å². The normalized spacial score (nSPS) is 13.9. The zero-order valence-corrected chi connectivity index (χ0v) is 11.7. The van der Waals surface area contributed by atoms with Gasteiger partial charge in [-0.2, -0.15) is 0 Å². The van der Waals surface area contributed by atoms with E-state index >= 15 is 0 Å². The van der Waals surface area contributed by atoms with Crippen molar-refractivity contribution in [3.63, 3.8) is 0 Å². The summed E-state index contributed by atoms with van der Waals surface area (Å²) >= 11 is 0. The molecule has 0 aliphatic rings. The molecular weight excluding hydrogens is 249 g/mol. The molecule has 0 radical (unpaired) electrons. The Kier molecular flexibility index (Phi) is 5.08. The number of hydrogen-bond donors (Lipinski definition) is 0. The summed E-state index contributed by atoms with van der Waals surface area (Å²) in [6, 6.07) is 18.8. The lowest BCUT2D eigenvalue weighted by atomic mass is 9.96. The number of halogens is 1. The highest BCUT2D eigenvalue weighted by Crippen LogP contribution is 2.36. The van der Waals surface area contributed by atoms with Crippen molar-refractivity contribution in [2.75, 3.05) is 13.6 Å². The highest BCUT2D eigenvalue weighted by atomic mass is 19.1. The summed E-state index contributed by atoms with van der Waals surface area (Å²) < 4.78 is 15.0. The van der Waals surface area contributed by atoms with Gasteiger partial charge < -0.3 is 0 Å². The smallest absolute Gasteiger partial charge is 0.145 e. The second-order valence-corrected chi connectivity index (χ2v) is 4.90. The molecule has 2 heteroatoms. The number of nitrogens with zero attached hydrogens (tertiary/aromatic N) is 1. The topological polar surface area (TPSA) is 3.24 Å². The molecule has 0 spiro atoms. The second kappa shape index (κ2) is 7.01. The number of alkyl halides is 1. The van der Waals surface area contributed by atoms with Crippen LogP contribution in [-0.2, 0) is 0 Å². The molecule has 20 heavy (non-hydrogen) atoms. The van der Waals surface area contributed by atoms with Gasteiger partial charge in [-0.25, -0.2) is 4.39 Å². The molecule has 0 heterocycles. The lowest BCUT2D eigenvalue weighted by molar-refractivity contribution is 0.147. The zero-order chi connectivity index (χ0) is 14.4. The van der Waals surface area contributed by atoms with Crippen LogP contribution in [0, 0.1) is 0 Å². The van der Waals surface area contributed by atoms with Crippen molar-refractivity contribution in [3.05, 3.63) is 84.4 Å². The maximum absolute atomic E-state index is 15.0. The van der Waals surface area contributed by atoms with Crippen LogP contribution in [0.1, 0.15) is 23.3 Å². The van der Waals surface area contributed by atoms with E-state index < -0.39 is 6.17 Å². The summed E-state index contributed by atoms with van der Waals surface area (Å²) in [5.41, 5.74) is 1.69. The first-order valence-corrected chi connectivity index (χ1v) is 6.79. The molecule has 0 saturated heterocycles. The summed E-state index contributed by atoms with van der Waals surface area (Å²) in [4.78, 5) is 1.99. The average molecular weight is 269 g/mol. The maximum Gasteiger partial charge on any atom is 0.145 e. The van der Waals surface area contributed by atoms with Crippen molar-refractivity contribution in [3.8, 4) is 0 Å². The number of hydrogen-bond acceptors (Lipinski definition) is 1. The summed E-state index contributed by atoms with van der Waals surface area (Å²) in [6.07, 6.45) is 0.733. The highest BCUT2D eigenvalue weighted by Gasteiger charge is 2.27. The minimum absolute atomic E-state index is 0.309. The number of likely N-dealkylation sites (N-methyl/N-ethyl adjacent to an activating group) is 1. The van der Waals surface area contributed by atoms with Crippen LogP contribution in [-0.4, -0.2) is 18.5 Å². The molecular formula is C18H20FN. The lowest BCUT2D eigenvalue weighted by Crippen LogP contribution is -2.28. The number of rotatable bonds is 6. The Morgan fingerprint density at radius 3 is 2.00 bits per heavy atom. The quantitative estimate of drug-likeness (QED) is 0.695. The van der Waals surface area contributed by atoms with Crippen molar-refractivity contribution in [1.82, 2.24) is 4.90 Å². The van der Waals surface area contributed by atoms with Gasteiger partial charge in [0.2, 0.25) is 0 Å². The fourth-order valence-electron chi connectivity index (χ4n) is 2.43. The Balaban J connectivity index is 2.34. The molecule has 0 aliphatic carbocycles. The SMILES string of the molecule is C=CCN(C)[C@@H](c1ccccc1)[C@@H](F)c1ccccc1.